The first-order chi connectivity index (χ1) is 7.82. The van der Waals surface area contributed by atoms with Gasteiger partial charge in [-0.25, -0.2) is 0 Å². The minimum absolute atomic E-state index is 0.0309. The number of rotatable bonds is 4. The number of alkyl halides is 3. The number of benzene rings is 1. The van der Waals surface area contributed by atoms with Crippen molar-refractivity contribution in [1.29, 1.82) is 0 Å². The number of hydrogen-bond acceptors (Lipinski definition) is 2. The van der Waals surface area contributed by atoms with E-state index in [-0.39, 0.29) is 11.3 Å². The van der Waals surface area contributed by atoms with Crippen molar-refractivity contribution in [3.63, 3.8) is 0 Å². The predicted molar refractivity (Wildman–Crippen MR) is 59.8 cm³/mol. The molecule has 1 aromatic rings. The highest BCUT2D eigenvalue weighted by molar-refractivity contribution is 7.99. The van der Waals surface area contributed by atoms with Crippen molar-refractivity contribution >= 4 is 17.7 Å². The summed E-state index contributed by atoms with van der Waals surface area (Å²) in [5.41, 5.74) is -0.594. The van der Waals surface area contributed by atoms with Crippen LogP contribution in [0.1, 0.15) is 18.1 Å². The third kappa shape index (κ3) is 3.96. The lowest BCUT2D eigenvalue weighted by molar-refractivity contribution is -0.138. The molecule has 0 aliphatic heterocycles. The van der Waals surface area contributed by atoms with Gasteiger partial charge in [0.15, 0.2) is 0 Å². The summed E-state index contributed by atoms with van der Waals surface area (Å²) in [6, 6.07) is 5.19. The molecular formula is C11H11F3O2S. The van der Waals surface area contributed by atoms with Gasteiger partial charge in [-0.3, -0.25) is 4.79 Å². The highest BCUT2D eigenvalue weighted by atomic mass is 32.2. The van der Waals surface area contributed by atoms with Gasteiger partial charge in [0.25, 0.3) is 0 Å². The molecule has 0 aromatic heterocycles. The van der Waals surface area contributed by atoms with Crippen molar-refractivity contribution in [3.8, 4) is 0 Å². The third-order valence-electron chi connectivity index (χ3n) is 2.16. The molecular weight excluding hydrogens is 253 g/mol. The molecule has 0 spiro atoms. The number of carbonyl (C=O) groups is 1. The van der Waals surface area contributed by atoms with Crippen LogP contribution in [-0.2, 0) is 16.7 Å². The molecule has 0 bridgehead atoms. The number of thioether (sulfide) groups is 1. The lowest BCUT2D eigenvalue weighted by Gasteiger charge is -2.13. The molecule has 0 radical (unpaired) electrons. The van der Waals surface area contributed by atoms with Crippen molar-refractivity contribution in [2.75, 3.05) is 0 Å². The smallest absolute Gasteiger partial charge is 0.416 e. The van der Waals surface area contributed by atoms with Crippen molar-refractivity contribution in [2.45, 2.75) is 24.1 Å². The zero-order chi connectivity index (χ0) is 13.1. The Morgan fingerprint density at radius 3 is 2.53 bits per heavy atom. The molecule has 2 nitrogen and oxygen atoms in total. The zero-order valence-electron chi connectivity index (χ0n) is 8.99. The summed E-state index contributed by atoms with van der Waals surface area (Å²) in [5, 5.41) is 7.92. The number of hydrogen-bond donors (Lipinski definition) is 1. The van der Waals surface area contributed by atoms with Crippen molar-refractivity contribution in [2.24, 2.45) is 0 Å². The molecule has 0 aliphatic carbocycles. The van der Waals surface area contributed by atoms with Crippen LogP contribution in [0.5, 0.6) is 0 Å². The predicted octanol–water partition coefficient (Wildman–Crippen LogP) is 3.41. The van der Waals surface area contributed by atoms with Gasteiger partial charge < -0.3 is 5.11 Å². The molecule has 17 heavy (non-hydrogen) atoms. The Labute approximate surface area is 101 Å². The van der Waals surface area contributed by atoms with Crippen LogP contribution in [0, 0.1) is 0 Å². The van der Waals surface area contributed by atoms with E-state index >= 15 is 0 Å². The SMILES string of the molecule is CC(SCc1ccccc1C(F)(F)F)C(=O)O. The van der Waals surface area contributed by atoms with Crippen LogP contribution in [0.4, 0.5) is 13.2 Å². The van der Waals surface area contributed by atoms with E-state index in [1.807, 2.05) is 0 Å². The van der Waals surface area contributed by atoms with E-state index in [1.165, 1.54) is 25.1 Å². The summed E-state index contributed by atoms with van der Waals surface area (Å²) in [6.07, 6.45) is -4.40. The summed E-state index contributed by atoms with van der Waals surface area (Å²) < 4.78 is 37.8. The summed E-state index contributed by atoms with van der Waals surface area (Å²) in [7, 11) is 0. The average Bonchev–Trinajstić information content (AvgIpc) is 2.24. The van der Waals surface area contributed by atoms with Crippen molar-refractivity contribution in [1.82, 2.24) is 0 Å². The van der Waals surface area contributed by atoms with Gasteiger partial charge in [0, 0.05) is 5.75 Å². The van der Waals surface area contributed by atoms with Gasteiger partial charge in [-0.15, -0.1) is 11.8 Å². The molecule has 1 N–H and O–H groups in total. The summed E-state index contributed by atoms with van der Waals surface area (Å²) in [4.78, 5) is 10.6. The van der Waals surface area contributed by atoms with E-state index in [0.29, 0.717) is 0 Å². The first kappa shape index (κ1) is 13.9. The molecule has 1 aromatic carbocycles. The minimum atomic E-state index is -4.40. The van der Waals surface area contributed by atoms with Crippen molar-refractivity contribution in [3.05, 3.63) is 35.4 Å². The van der Waals surface area contributed by atoms with E-state index in [0.717, 1.165) is 17.8 Å². The summed E-state index contributed by atoms with van der Waals surface area (Å²) in [5.74, 6) is -0.997. The fourth-order valence-electron chi connectivity index (χ4n) is 1.21. The minimum Gasteiger partial charge on any atom is -0.480 e. The van der Waals surface area contributed by atoms with E-state index in [1.54, 1.807) is 0 Å². The number of halogens is 3. The van der Waals surface area contributed by atoms with E-state index < -0.39 is 23.0 Å². The molecule has 1 rings (SSSR count). The van der Waals surface area contributed by atoms with E-state index in [4.69, 9.17) is 5.11 Å². The average molecular weight is 264 g/mol. The maximum Gasteiger partial charge on any atom is 0.416 e. The van der Waals surface area contributed by atoms with E-state index in [2.05, 4.69) is 0 Å². The fourth-order valence-corrected chi connectivity index (χ4v) is 2.03. The lowest BCUT2D eigenvalue weighted by Crippen LogP contribution is -2.13. The van der Waals surface area contributed by atoms with Gasteiger partial charge in [-0.2, -0.15) is 13.2 Å². The van der Waals surface area contributed by atoms with Crippen LogP contribution < -0.4 is 0 Å². The highest BCUT2D eigenvalue weighted by Gasteiger charge is 2.32. The van der Waals surface area contributed by atoms with Crippen LogP contribution in [0.15, 0.2) is 24.3 Å². The van der Waals surface area contributed by atoms with Gasteiger partial charge in [0.1, 0.15) is 0 Å². The lowest BCUT2D eigenvalue weighted by atomic mass is 10.1. The molecule has 0 saturated heterocycles. The molecule has 1 atom stereocenters. The molecule has 0 saturated carbocycles. The van der Waals surface area contributed by atoms with Gasteiger partial charge in [0.2, 0.25) is 0 Å². The van der Waals surface area contributed by atoms with Crippen LogP contribution in [0.3, 0.4) is 0 Å². The molecule has 1 unspecified atom stereocenters. The standard InChI is InChI=1S/C11H11F3O2S/c1-7(10(15)16)17-6-8-4-2-3-5-9(8)11(12,13)14/h2-5,7H,6H2,1H3,(H,15,16). The van der Waals surface area contributed by atoms with Crippen molar-refractivity contribution < 1.29 is 23.1 Å². The summed E-state index contributed by atoms with van der Waals surface area (Å²) in [6.45, 7) is 1.45. The highest BCUT2D eigenvalue weighted by Crippen LogP contribution is 2.33. The summed E-state index contributed by atoms with van der Waals surface area (Å²) >= 11 is 0.968. The van der Waals surface area contributed by atoms with Gasteiger partial charge in [-0.1, -0.05) is 18.2 Å². The molecule has 6 heteroatoms. The number of carboxylic acids is 1. The Morgan fingerprint density at radius 1 is 1.41 bits per heavy atom. The monoisotopic (exact) mass is 264 g/mol. The first-order valence-electron chi connectivity index (χ1n) is 4.82. The quantitative estimate of drug-likeness (QED) is 0.905. The second kappa shape index (κ2) is 5.44. The van der Waals surface area contributed by atoms with Crippen LogP contribution in [-0.4, -0.2) is 16.3 Å². The van der Waals surface area contributed by atoms with Crippen LogP contribution in [0.2, 0.25) is 0 Å². The molecule has 0 aliphatic rings. The number of carboxylic acid groups (broad SMARTS) is 1. The maximum atomic E-state index is 12.6. The Balaban J connectivity index is 2.81. The third-order valence-corrected chi connectivity index (χ3v) is 3.34. The maximum absolute atomic E-state index is 12.6. The topological polar surface area (TPSA) is 37.3 Å². The Morgan fingerprint density at radius 2 is 2.00 bits per heavy atom. The Bertz CT molecular complexity index is 404. The Kier molecular flexibility index (Phi) is 4.45. The number of aliphatic carboxylic acids is 1. The fraction of sp³-hybridized carbons (Fsp3) is 0.364. The molecule has 0 heterocycles. The van der Waals surface area contributed by atoms with Crippen LogP contribution in [0.25, 0.3) is 0 Å². The normalized spacial score (nSPS) is 13.4. The Hall–Kier alpha value is -1.17. The van der Waals surface area contributed by atoms with Gasteiger partial charge in [0.05, 0.1) is 10.8 Å². The molecule has 0 amide bonds. The largest absolute Gasteiger partial charge is 0.480 e. The second-order valence-corrected chi connectivity index (χ2v) is 4.78. The second-order valence-electron chi connectivity index (χ2n) is 3.45. The molecule has 94 valence electrons. The first-order valence-corrected chi connectivity index (χ1v) is 5.86. The van der Waals surface area contributed by atoms with Crippen LogP contribution >= 0.6 is 11.8 Å². The van der Waals surface area contributed by atoms with E-state index in [9.17, 15) is 18.0 Å². The molecule has 0 fully saturated rings. The van der Waals surface area contributed by atoms with Gasteiger partial charge in [-0.05, 0) is 18.6 Å². The van der Waals surface area contributed by atoms with Gasteiger partial charge >= 0.3 is 12.1 Å². The zero-order valence-corrected chi connectivity index (χ0v) is 9.81.